The summed E-state index contributed by atoms with van der Waals surface area (Å²) in [5, 5.41) is 6.87. The SMILES string of the molecule is Fc1ccc2nc(-c3ccc(-c4ccn[nH]4)cc3)cn2c1. The lowest BCUT2D eigenvalue weighted by molar-refractivity contribution is 0.619. The highest BCUT2D eigenvalue weighted by Gasteiger charge is 2.06. The lowest BCUT2D eigenvalue weighted by Crippen LogP contribution is -1.83. The average Bonchev–Trinajstić information content (AvgIpc) is 3.16. The number of nitrogens with one attached hydrogen (secondary N) is 1. The van der Waals surface area contributed by atoms with Gasteiger partial charge in [-0.15, -0.1) is 0 Å². The zero-order chi connectivity index (χ0) is 14.2. The van der Waals surface area contributed by atoms with Gasteiger partial charge in [0.2, 0.25) is 0 Å². The van der Waals surface area contributed by atoms with Crippen LogP contribution in [-0.2, 0) is 0 Å². The van der Waals surface area contributed by atoms with E-state index in [1.54, 1.807) is 16.7 Å². The van der Waals surface area contributed by atoms with E-state index in [1.807, 2.05) is 36.5 Å². The summed E-state index contributed by atoms with van der Waals surface area (Å²) in [6.45, 7) is 0. The molecule has 21 heavy (non-hydrogen) atoms. The molecule has 0 bridgehead atoms. The summed E-state index contributed by atoms with van der Waals surface area (Å²) < 4.78 is 14.9. The maximum absolute atomic E-state index is 13.2. The molecule has 5 heteroatoms. The van der Waals surface area contributed by atoms with Gasteiger partial charge in [-0.05, 0) is 23.8 Å². The van der Waals surface area contributed by atoms with Gasteiger partial charge in [-0.3, -0.25) is 5.10 Å². The minimum absolute atomic E-state index is 0.277. The van der Waals surface area contributed by atoms with Gasteiger partial charge < -0.3 is 4.40 Å². The van der Waals surface area contributed by atoms with Gasteiger partial charge in [-0.1, -0.05) is 24.3 Å². The molecule has 0 spiro atoms. The molecule has 1 aromatic carbocycles. The van der Waals surface area contributed by atoms with Gasteiger partial charge in [0, 0.05) is 24.2 Å². The first kappa shape index (κ1) is 11.8. The second-order valence-electron chi connectivity index (χ2n) is 4.79. The van der Waals surface area contributed by atoms with Crippen molar-refractivity contribution in [3.8, 4) is 22.5 Å². The van der Waals surface area contributed by atoms with Crippen molar-refractivity contribution in [2.45, 2.75) is 0 Å². The minimum atomic E-state index is -0.277. The van der Waals surface area contributed by atoms with Gasteiger partial charge in [0.1, 0.15) is 11.5 Å². The molecule has 4 nitrogen and oxygen atoms in total. The van der Waals surface area contributed by atoms with Crippen LogP contribution < -0.4 is 0 Å². The van der Waals surface area contributed by atoms with Crippen LogP contribution in [0.15, 0.2) is 61.1 Å². The van der Waals surface area contributed by atoms with Crippen molar-refractivity contribution in [3.63, 3.8) is 0 Å². The van der Waals surface area contributed by atoms with E-state index in [1.165, 1.54) is 12.3 Å². The van der Waals surface area contributed by atoms with Crippen LogP contribution in [0.1, 0.15) is 0 Å². The zero-order valence-corrected chi connectivity index (χ0v) is 11.0. The number of hydrogen-bond donors (Lipinski definition) is 1. The first-order valence-corrected chi connectivity index (χ1v) is 6.54. The number of fused-ring (bicyclic) bond motifs is 1. The number of aromatic nitrogens is 4. The van der Waals surface area contributed by atoms with E-state index in [0.29, 0.717) is 0 Å². The molecule has 0 unspecified atom stereocenters. The Morgan fingerprint density at radius 3 is 2.48 bits per heavy atom. The molecule has 0 atom stereocenters. The van der Waals surface area contributed by atoms with E-state index < -0.39 is 0 Å². The van der Waals surface area contributed by atoms with Crippen LogP contribution in [0.25, 0.3) is 28.2 Å². The van der Waals surface area contributed by atoms with Crippen LogP contribution in [0.5, 0.6) is 0 Å². The number of rotatable bonds is 2. The van der Waals surface area contributed by atoms with Crippen molar-refractivity contribution in [3.05, 3.63) is 66.9 Å². The van der Waals surface area contributed by atoms with Crippen LogP contribution in [0.4, 0.5) is 4.39 Å². The molecule has 0 amide bonds. The fourth-order valence-corrected chi connectivity index (χ4v) is 2.34. The molecule has 0 aliphatic rings. The van der Waals surface area contributed by atoms with Crippen LogP contribution in [0.3, 0.4) is 0 Å². The second kappa shape index (κ2) is 4.56. The normalized spacial score (nSPS) is 11.1. The number of benzene rings is 1. The van der Waals surface area contributed by atoms with E-state index in [-0.39, 0.29) is 5.82 Å². The Kier molecular flexibility index (Phi) is 2.57. The Hall–Kier alpha value is -2.95. The summed E-state index contributed by atoms with van der Waals surface area (Å²) in [7, 11) is 0. The standard InChI is InChI=1S/C16H11FN4/c17-13-5-6-16-19-15(10-21(16)9-13)12-3-1-11(2-4-12)14-7-8-18-20-14/h1-10H,(H,18,20). The van der Waals surface area contributed by atoms with E-state index in [4.69, 9.17) is 0 Å². The van der Waals surface area contributed by atoms with Crippen LogP contribution in [0, 0.1) is 5.82 Å². The Bertz CT molecular complexity index is 892. The average molecular weight is 278 g/mol. The number of hydrogen-bond acceptors (Lipinski definition) is 2. The Morgan fingerprint density at radius 1 is 0.905 bits per heavy atom. The van der Waals surface area contributed by atoms with Gasteiger partial charge in [-0.25, -0.2) is 9.37 Å². The molecule has 1 N–H and O–H groups in total. The van der Waals surface area contributed by atoms with Crippen molar-refractivity contribution in [2.24, 2.45) is 0 Å². The highest BCUT2D eigenvalue weighted by molar-refractivity contribution is 5.67. The quantitative estimate of drug-likeness (QED) is 0.609. The van der Waals surface area contributed by atoms with E-state index >= 15 is 0 Å². The second-order valence-corrected chi connectivity index (χ2v) is 4.79. The molecule has 0 aliphatic heterocycles. The molecule has 0 radical (unpaired) electrons. The largest absolute Gasteiger partial charge is 0.304 e. The third-order valence-electron chi connectivity index (χ3n) is 3.41. The topological polar surface area (TPSA) is 46.0 Å². The zero-order valence-electron chi connectivity index (χ0n) is 11.0. The molecular formula is C16H11FN4. The summed E-state index contributed by atoms with van der Waals surface area (Å²) in [5.74, 6) is -0.277. The first-order valence-electron chi connectivity index (χ1n) is 6.54. The van der Waals surface area contributed by atoms with E-state index in [0.717, 1.165) is 28.2 Å². The molecule has 0 fully saturated rings. The summed E-state index contributed by atoms with van der Waals surface area (Å²) in [4.78, 5) is 4.49. The molecule has 0 saturated carbocycles. The number of imidazole rings is 1. The van der Waals surface area contributed by atoms with Crippen LogP contribution in [-0.4, -0.2) is 19.6 Å². The van der Waals surface area contributed by atoms with Gasteiger partial charge >= 0.3 is 0 Å². The summed E-state index contributed by atoms with van der Waals surface area (Å²) >= 11 is 0. The van der Waals surface area contributed by atoms with Crippen molar-refractivity contribution in [2.75, 3.05) is 0 Å². The van der Waals surface area contributed by atoms with E-state index in [2.05, 4.69) is 15.2 Å². The summed E-state index contributed by atoms with van der Waals surface area (Å²) in [5.41, 5.74) is 4.56. The maximum atomic E-state index is 13.2. The lowest BCUT2D eigenvalue weighted by atomic mass is 10.1. The van der Waals surface area contributed by atoms with Crippen LogP contribution in [0.2, 0.25) is 0 Å². The molecular weight excluding hydrogens is 267 g/mol. The predicted octanol–water partition coefficient (Wildman–Crippen LogP) is 3.53. The fraction of sp³-hybridized carbons (Fsp3) is 0. The van der Waals surface area contributed by atoms with Gasteiger partial charge in [0.05, 0.1) is 11.4 Å². The molecule has 102 valence electrons. The van der Waals surface area contributed by atoms with Crippen molar-refractivity contribution >= 4 is 5.65 Å². The maximum Gasteiger partial charge on any atom is 0.139 e. The minimum Gasteiger partial charge on any atom is -0.304 e. The Labute approximate surface area is 119 Å². The molecule has 0 saturated heterocycles. The summed E-state index contributed by atoms with van der Waals surface area (Å²) in [6, 6.07) is 13.0. The molecule has 4 aromatic rings. The fourth-order valence-electron chi connectivity index (χ4n) is 2.34. The Morgan fingerprint density at radius 2 is 1.71 bits per heavy atom. The number of pyridine rings is 1. The Balaban J connectivity index is 1.74. The number of halogens is 1. The molecule has 3 aromatic heterocycles. The van der Waals surface area contributed by atoms with Crippen molar-refractivity contribution < 1.29 is 4.39 Å². The third-order valence-corrected chi connectivity index (χ3v) is 3.41. The summed E-state index contributed by atoms with van der Waals surface area (Å²) in [6.07, 6.45) is 4.97. The predicted molar refractivity (Wildman–Crippen MR) is 78.2 cm³/mol. The molecule has 4 rings (SSSR count). The highest BCUT2D eigenvalue weighted by atomic mass is 19.1. The van der Waals surface area contributed by atoms with Gasteiger partial charge in [0.15, 0.2) is 0 Å². The van der Waals surface area contributed by atoms with Crippen molar-refractivity contribution in [1.82, 2.24) is 19.6 Å². The molecule has 3 heterocycles. The monoisotopic (exact) mass is 278 g/mol. The number of nitrogens with zero attached hydrogens (tertiary/aromatic N) is 3. The smallest absolute Gasteiger partial charge is 0.139 e. The highest BCUT2D eigenvalue weighted by Crippen LogP contribution is 2.23. The molecule has 0 aliphatic carbocycles. The van der Waals surface area contributed by atoms with Crippen LogP contribution >= 0.6 is 0 Å². The van der Waals surface area contributed by atoms with Crippen molar-refractivity contribution in [1.29, 1.82) is 0 Å². The number of aromatic amines is 1. The lowest BCUT2D eigenvalue weighted by Gasteiger charge is -1.99. The number of H-pyrrole nitrogens is 1. The van der Waals surface area contributed by atoms with E-state index in [9.17, 15) is 4.39 Å². The van der Waals surface area contributed by atoms with Gasteiger partial charge in [0.25, 0.3) is 0 Å². The van der Waals surface area contributed by atoms with Gasteiger partial charge in [-0.2, -0.15) is 5.10 Å². The first-order chi connectivity index (χ1) is 10.3. The third kappa shape index (κ3) is 2.08.